The third kappa shape index (κ3) is 3.73. The van der Waals surface area contributed by atoms with E-state index in [0.717, 1.165) is 22.0 Å². The molecule has 0 radical (unpaired) electrons. The lowest BCUT2D eigenvalue weighted by atomic mass is 10.2. The van der Waals surface area contributed by atoms with Crippen LogP contribution in [0.1, 0.15) is 16.1 Å². The van der Waals surface area contributed by atoms with Crippen LogP contribution in [0.15, 0.2) is 65.3 Å². The molecule has 0 saturated carbocycles. The molecule has 116 valence electrons. The van der Waals surface area contributed by atoms with Crippen molar-refractivity contribution in [3.8, 4) is 0 Å². The number of carbonyl (C=O) groups is 1. The van der Waals surface area contributed by atoms with E-state index in [9.17, 15) is 4.79 Å². The lowest BCUT2D eigenvalue weighted by Gasteiger charge is -2.09. The van der Waals surface area contributed by atoms with Crippen LogP contribution in [-0.4, -0.2) is 5.91 Å². The molecule has 1 heterocycles. The minimum Gasteiger partial charge on any atom is -0.459 e. The summed E-state index contributed by atoms with van der Waals surface area (Å²) in [5, 5.41) is 6.75. The Morgan fingerprint density at radius 1 is 1.00 bits per heavy atom. The second-order valence-electron chi connectivity index (χ2n) is 5.10. The van der Waals surface area contributed by atoms with Crippen LogP contribution in [0.4, 0.5) is 17.1 Å². The van der Waals surface area contributed by atoms with Crippen LogP contribution in [0, 0.1) is 6.92 Å². The highest BCUT2D eigenvalue weighted by Crippen LogP contribution is 2.24. The van der Waals surface area contributed by atoms with Gasteiger partial charge in [-0.05, 0) is 61.0 Å². The van der Waals surface area contributed by atoms with Crippen molar-refractivity contribution in [1.29, 1.82) is 0 Å². The van der Waals surface area contributed by atoms with Gasteiger partial charge in [-0.3, -0.25) is 4.79 Å². The molecule has 5 heteroatoms. The van der Waals surface area contributed by atoms with Crippen molar-refractivity contribution in [2.75, 3.05) is 10.6 Å². The number of aryl methyl sites for hydroxylation is 1. The standard InChI is InChI=1S/C18H15ClN2O2/c1-12-4-5-15(11-16(12)19)20-13-6-8-14(9-7-13)21-18(22)17-3-2-10-23-17/h2-11,20H,1H3,(H,21,22). The molecule has 0 bridgehead atoms. The summed E-state index contributed by atoms with van der Waals surface area (Å²) >= 11 is 6.12. The van der Waals surface area contributed by atoms with Crippen molar-refractivity contribution >= 4 is 34.6 Å². The maximum Gasteiger partial charge on any atom is 0.291 e. The fourth-order valence-electron chi connectivity index (χ4n) is 2.07. The third-order valence-electron chi connectivity index (χ3n) is 3.35. The van der Waals surface area contributed by atoms with Gasteiger partial charge in [-0.15, -0.1) is 0 Å². The zero-order chi connectivity index (χ0) is 16.2. The van der Waals surface area contributed by atoms with Crippen molar-refractivity contribution in [3.63, 3.8) is 0 Å². The Labute approximate surface area is 139 Å². The number of halogens is 1. The first-order chi connectivity index (χ1) is 11.1. The molecular weight excluding hydrogens is 312 g/mol. The highest BCUT2D eigenvalue weighted by Gasteiger charge is 2.08. The van der Waals surface area contributed by atoms with Gasteiger partial charge in [0.15, 0.2) is 5.76 Å². The summed E-state index contributed by atoms with van der Waals surface area (Å²) in [4.78, 5) is 11.9. The van der Waals surface area contributed by atoms with Crippen molar-refractivity contribution < 1.29 is 9.21 Å². The number of amides is 1. The minimum atomic E-state index is -0.277. The predicted molar refractivity (Wildman–Crippen MR) is 92.6 cm³/mol. The number of rotatable bonds is 4. The fourth-order valence-corrected chi connectivity index (χ4v) is 2.26. The molecule has 3 rings (SSSR count). The lowest BCUT2D eigenvalue weighted by molar-refractivity contribution is 0.0996. The van der Waals surface area contributed by atoms with E-state index in [2.05, 4.69) is 10.6 Å². The topological polar surface area (TPSA) is 54.3 Å². The van der Waals surface area contributed by atoms with E-state index < -0.39 is 0 Å². The molecule has 2 aromatic carbocycles. The number of furan rings is 1. The number of hydrogen-bond acceptors (Lipinski definition) is 3. The molecule has 3 aromatic rings. The van der Waals surface area contributed by atoms with Crippen LogP contribution >= 0.6 is 11.6 Å². The van der Waals surface area contributed by atoms with Crippen LogP contribution < -0.4 is 10.6 Å². The highest BCUT2D eigenvalue weighted by atomic mass is 35.5. The first kappa shape index (κ1) is 15.2. The summed E-state index contributed by atoms with van der Waals surface area (Å²) in [6.07, 6.45) is 1.47. The normalized spacial score (nSPS) is 10.3. The number of anilines is 3. The molecule has 0 spiro atoms. The van der Waals surface area contributed by atoms with Gasteiger partial charge in [-0.2, -0.15) is 0 Å². The Balaban J connectivity index is 1.67. The first-order valence-corrected chi connectivity index (χ1v) is 7.48. The lowest BCUT2D eigenvalue weighted by Crippen LogP contribution is -2.10. The van der Waals surface area contributed by atoms with E-state index in [0.29, 0.717) is 5.69 Å². The molecule has 1 aromatic heterocycles. The molecule has 0 saturated heterocycles. The summed E-state index contributed by atoms with van der Waals surface area (Å²) in [6.45, 7) is 1.96. The SMILES string of the molecule is Cc1ccc(Nc2ccc(NC(=O)c3ccco3)cc2)cc1Cl. The van der Waals surface area contributed by atoms with Gasteiger partial charge in [0.05, 0.1) is 6.26 Å². The van der Waals surface area contributed by atoms with E-state index in [1.807, 2.05) is 49.4 Å². The van der Waals surface area contributed by atoms with Crippen molar-refractivity contribution in [3.05, 3.63) is 77.2 Å². The third-order valence-corrected chi connectivity index (χ3v) is 3.76. The molecule has 0 aliphatic rings. The number of hydrogen-bond donors (Lipinski definition) is 2. The zero-order valence-corrected chi connectivity index (χ0v) is 13.2. The van der Waals surface area contributed by atoms with Gasteiger partial charge in [0.25, 0.3) is 5.91 Å². The van der Waals surface area contributed by atoms with Crippen LogP contribution in [0.25, 0.3) is 0 Å². The van der Waals surface area contributed by atoms with Gasteiger partial charge < -0.3 is 15.1 Å². The molecule has 4 nitrogen and oxygen atoms in total. The summed E-state index contributed by atoms with van der Waals surface area (Å²) in [5.74, 6) is 0.00234. The van der Waals surface area contributed by atoms with Gasteiger partial charge in [-0.1, -0.05) is 17.7 Å². The summed E-state index contributed by atoms with van der Waals surface area (Å²) in [7, 11) is 0. The Morgan fingerprint density at radius 2 is 1.70 bits per heavy atom. The average molecular weight is 327 g/mol. The van der Waals surface area contributed by atoms with Gasteiger partial charge in [-0.25, -0.2) is 0 Å². The van der Waals surface area contributed by atoms with Gasteiger partial charge >= 0.3 is 0 Å². The maximum atomic E-state index is 11.9. The number of benzene rings is 2. The smallest absolute Gasteiger partial charge is 0.291 e. The van der Waals surface area contributed by atoms with Crippen molar-refractivity contribution in [2.24, 2.45) is 0 Å². The quantitative estimate of drug-likeness (QED) is 0.689. The van der Waals surface area contributed by atoms with Crippen molar-refractivity contribution in [2.45, 2.75) is 6.92 Å². The number of nitrogens with one attached hydrogen (secondary N) is 2. The molecule has 0 aliphatic carbocycles. The van der Waals surface area contributed by atoms with E-state index in [1.165, 1.54) is 6.26 Å². The fraction of sp³-hybridized carbons (Fsp3) is 0.0556. The average Bonchev–Trinajstić information content (AvgIpc) is 3.07. The second-order valence-corrected chi connectivity index (χ2v) is 5.50. The maximum absolute atomic E-state index is 11.9. The van der Waals surface area contributed by atoms with E-state index >= 15 is 0 Å². The van der Waals surface area contributed by atoms with E-state index in [1.54, 1.807) is 12.1 Å². The summed E-state index contributed by atoms with van der Waals surface area (Å²) in [6, 6.07) is 16.5. The Morgan fingerprint density at radius 3 is 2.35 bits per heavy atom. The second kappa shape index (κ2) is 6.58. The molecule has 23 heavy (non-hydrogen) atoms. The summed E-state index contributed by atoms with van der Waals surface area (Å²) < 4.78 is 5.05. The zero-order valence-electron chi connectivity index (χ0n) is 12.5. The first-order valence-electron chi connectivity index (χ1n) is 7.10. The van der Waals surface area contributed by atoms with Crippen LogP contribution in [0.5, 0.6) is 0 Å². The highest BCUT2D eigenvalue weighted by molar-refractivity contribution is 6.31. The Hall–Kier alpha value is -2.72. The van der Waals surface area contributed by atoms with E-state index in [-0.39, 0.29) is 11.7 Å². The minimum absolute atomic E-state index is 0.277. The molecule has 0 fully saturated rings. The predicted octanol–water partition coefficient (Wildman–Crippen LogP) is 5.24. The molecule has 2 N–H and O–H groups in total. The molecule has 0 aliphatic heterocycles. The molecular formula is C18H15ClN2O2. The number of carbonyl (C=O) groups excluding carboxylic acids is 1. The molecule has 0 unspecified atom stereocenters. The Bertz CT molecular complexity index is 812. The van der Waals surface area contributed by atoms with Crippen LogP contribution in [0.3, 0.4) is 0 Å². The molecule has 0 atom stereocenters. The summed E-state index contributed by atoms with van der Waals surface area (Å²) in [5.41, 5.74) is 3.54. The van der Waals surface area contributed by atoms with Gasteiger partial charge in [0, 0.05) is 22.1 Å². The van der Waals surface area contributed by atoms with Gasteiger partial charge in [0.1, 0.15) is 0 Å². The molecule has 1 amide bonds. The largest absolute Gasteiger partial charge is 0.459 e. The van der Waals surface area contributed by atoms with E-state index in [4.69, 9.17) is 16.0 Å². The van der Waals surface area contributed by atoms with Crippen LogP contribution in [-0.2, 0) is 0 Å². The van der Waals surface area contributed by atoms with Crippen LogP contribution in [0.2, 0.25) is 5.02 Å². The van der Waals surface area contributed by atoms with Crippen molar-refractivity contribution in [1.82, 2.24) is 0 Å². The Kier molecular flexibility index (Phi) is 4.35. The monoisotopic (exact) mass is 326 g/mol. The van der Waals surface area contributed by atoms with Gasteiger partial charge in [0.2, 0.25) is 0 Å².